The summed E-state index contributed by atoms with van der Waals surface area (Å²) in [7, 11) is 1.94. The summed E-state index contributed by atoms with van der Waals surface area (Å²) >= 11 is 0. The van der Waals surface area contributed by atoms with Crippen LogP contribution in [0.1, 0.15) is 25.7 Å². The van der Waals surface area contributed by atoms with Gasteiger partial charge < -0.3 is 10.2 Å². The number of anilines is 1. The first-order chi connectivity index (χ1) is 16.0. The number of aryl methyl sites for hydroxylation is 1. The van der Waals surface area contributed by atoms with Gasteiger partial charge in [0.15, 0.2) is 0 Å². The van der Waals surface area contributed by atoms with Crippen molar-refractivity contribution in [3.63, 3.8) is 0 Å². The van der Waals surface area contributed by atoms with Crippen LogP contribution in [-0.2, 0) is 7.05 Å². The Morgan fingerprint density at radius 3 is 2.52 bits per heavy atom. The van der Waals surface area contributed by atoms with Gasteiger partial charge >= 0.3 is 0 Å². The average molecular weight is 443 g/mol. The van der Waals surface area contributed by atoms with E-state index in [2.05, 4.69) is 62.6 Å². The molecule has 33 heavy (non-hydrogen) atoms. The van der Waals surface area contributed by atoms with Crippen molar-refractivity contribution in [2.75, 3.05) is 38.0 Å². The van der Waals surface area contributed by atoms with Crippen molar-refractivity contribution < 1.29 is 0 Å². The largest absolute Gasteiger partial charge is 0.374 e. The first-order valence-corrected chi connectivity index (χ1v) is 12.0. The molecule has 4 heterocycles. The van der Waals surface area contributed by atoms with Gasteiger partial charge in [-0.05, 0) is 61.9 Å². The fraction of sp³-hybridized carbons (Fsp3) is 0.407. The summed E-state index contributed by atoms with van der Waals surface area (Å²) < 4.78 is 1.83. The van der Waals surface area contributed by atoms with Crippen LogP contribution in [-0.4, -0.2) is 57.3 Å². The molecule has 1 N–H and O–H groups in total. The quantitative estimate of drug-likeness (QED) is 0.565. The predicted octanol–water partition coefficient (Wildman–Crippen LogP) is 4.88. The molecule has 0 unspecified atom stereocenters. The van der Waals surface area contributed by atoms with E-state index in [1.807, 2.05) is 30.3 Å². The summed E-state index contributed by atoms with van der Waals surface area (Å²) in [5.41, 5.74) is 4.62. The van der Waals surface area contributed by atoms with Gasteiger partial charge in [0.25, 0.3) is 0 Å². The van der Waals surface area contributed by atoms with E-state index >= 15 is 0 Å². The molecule has 0 aliphatic carbocycles. The van der Waals surface area contributed by atoms with E-state index < -0.39 is 0 Å². The van der Waals surface area contributed by atoms with Gasteiger partial charge in [-0.25, -0.2) is 4.98 Å². The summed E-state index contributed by atoms with van der Waals surface area (Å²) in [6, 6.07) is 8.56. The normalized spacial score (nSPS) is 17.5. The van der Waals surface area contributed by atoms with Crippen LogP contribution in [0.2, 0.25) is 0 Å². The Morgan fingerprint density at radius 2 is 1.79 bits per heavy atom. The van der Waals surface area contributed by atoms with E-state index in [4.69, 9.17) is 0 Å². The van der Waals surface area contributed by atoms with Crippen molar-refractivity contribution >= 4 is 16.6 Å². The first-order valence-electron chi connectivity index (χ1n) is 12.0. The van der Waals surface area contributed by atoms with Crippen LogP contribution in [0, 0.1) is 5.92 Å². The minimum atomic E-state index is 0.458. The highest BCUT2D eigenvalue weighted by Gasteiger charge is 2.24. The Bertz CT molecular complexity index is 1150. The number of piperidine rings is 1. The Labute approximate surface area is 196 Å². The molecule has 172 valence electrons. The fourth-order valence-electron chi connectivity index (χ4n) is 5.07. The minimum absolute atomic E-state index is 0.458. The number of hydrogen-bond donors (Lipinski definition) is 1. The molecule has 0 atom stereocenters. The molecule has 6 nitrogen and oxygen atoms in total. The third-order valence-corrected chi connectivity index (χ3v) is 7.09. The van der Waals surface area contributed by atoms with Gasteiger partial charge in [-0.2, -0.15) is 5.10 Å². The summed E-state index contributed by atoms with van der Waals surface area (Å²) in [6.07, 6.45) is 10.7. The van der Waals surface area contributed by atoms with Gasteiger partial charge in [-0.3, -0.25) is 9.58 Å². The molecule has 2 aliphatic rings. The maximum absolute atomic E-state index is 4.63. The number of nitrogens with zero attached hydrogens (tertiary/aromatic N) is 5. The molecule has 3 aromatic rings. The van der Waals surface area contributed by atoms with Crippen molar-refractivity contribution in [2.45, 2.75) is 25.7 Å². The maximum atomic E-state index is 4.63. The monoisotopic (exact) mass is 442 g/mol. The molecule has 2 aliphatic heterocycles. The van der Waals surface area contributed by atoms with Crippen LogP contribution < -0.4 is 5.32 Å². The smallest absolute Gasteiger partial charge is 0.130 e. The molecule has 0 radical (unpaired) electrons. The van der Waals surface area contributed by atoms with Crippen molar-refractivity contribution in [3.05, 3.63) is 67.4 Å². The second-order valence-electron chi connectivity index (χ2n) is 9.50. The third kappa shape index (κ3) is 4.96. The lowest BCUT2D eigenvalue weighted by molar-refractivity contribution is 0.222. The zero-order valence-electron chi connectivity index (χ0n) is 19.6. The van der Waals surface area contributed by atoms with E-state index in [-0.39, 0.29) is 0 Å². The van der Waals surface area contributed by atoms with Crippen molar-refractivity contribution in [1.29, 1.82) is 0 Å². The third-order valence-electron chi connectivity index (χ3n) is 7.09. The van der Waals surface area contributed by atoms with E-state index in [1.165, 1.54) is 31.6 Å². The minimum Gasteiger partial charge on any atom is -0.374 e. The Balaban J connectivity index is 1.19. The Morgan fingerprint density at radius 1 is 1.00 bits per heavy atom. The number of nitrogens with one attached hydrogen (secondary N) is 1. The van der Waals surface area contributed by atoms with Crippen LogP contribution >= 0.6 is 0 Å². The van der Waals surface area contributed by atoms with Gasteiger partial charge in [0.1, 0.15) is 5.82 Å². The van der Waals surface area contributed by atoms with Crippen LogP contribution in [0.3, 0.4) is 0 Å². The molecule has 2 fully saturated rings. The van der Waals surface area contributed by atoms with Crippen LogP contribution in [0.15, 0.2) is 67.4 Å². The molecule has 2 aromatic heterocycles. The second kappa shape index (κ2) is 9.40. The molecular formula is C27H34N6. The van der Waals surface area contributed by atoms with Crippen LogP contribution in [0.4, 0.5) is 5.82 Å². The van der Waals surface area contributed by atoms with Gasteiger partial charge in [0.05, 0.1) is 6.20 Å². The van der Waals surface area contributed by atoms with Gasteiger partial charge in [0.2, 0.25) is 0 Å². The molecule has 5 rings (SSSR count). The highest BCUT2D eigenvalue weighted by molar-refractivity contribution is 5.88. The molecule has 0 bridgehead atoms. The zero-order chi connectivity index (χ0) is 22.8. The van der Waals surface area contributed by atoms with Crippen molar-refractivity contribution in [3.8, 4) is 11.1 Å². The molecule has 1 aromatic carbocycles. The van der Waals surface area contributed by atoms with Crippen molar-refractivity contribution in [2.24, 2.45) is 13.0 Å². The predicted molar refractivity (Wildman–Crippen MR) is 136 cm³/mol. The lowest BCUT2D eigenvalue weighted by Crippen LogP contribution is -2.37. The number of hydrogen-bond acceptors (Lipinski definition) is 5. The Hall–Kier alpha value is -3.12. The highest BCUT2D eigenvalue weighted by atomic mass is 15.2. The lowest BCUT2D eigenvalue weighted by Gasteiger charge is -2.36. The standard InChI is InChI=1S/C27H34N6/c1-20(18-32-10-4-5-11-32)33-12-8-22(9-13-33)21(2)30-27-15-25-14-23(6-7-24(25)16-28-27)26-17-29-31(3)19-26/h6-7,14-17,19,22H,1-2,4-5,8-13,18H2,3H3,(H,28,30). The lowest BCUT2D eigenvalue weighted by atomic mass is 9.93. The molecular weight excluding hydrogens is 408 g/mol. The number of pyridine rings is 1. The van der Waals surface area contributed by atoms with Gasteiger partial charge in [0, 0.05) is 67.3 Å². The first kappa shape index (κ1) is 21.7. The molecule has 0 spiro atoms. The average Bonchev–Trinajstić information content (AvgIpc) is 3.50. The maximum Gasteiger partial charge on any atom is 0.130 e. The summed E-state index contributed by atoms with van der Waals surface area (Å²) in [5.74, 6) is 1.32. The molecule has 0 amide bonds. The Kier molecular flexibility index (Phi) is 6.18. The topological polar surface area (TPSA) is 49.2 Å². The van der Waals surface area contributed by atoms with E-state index in [0.29, 0.717) is 5.92 Å². The fourth-order valence-corrected chi connectivity index (χ4v) is 5.07. The number of rotatable bonds is 7. The summed E-state index contributed by atoms with van der Waals surface area (Å²) in [5, 5.41) is 10.1. The van der Waals surface area contributed by atoms with E-state index in [0.717, 1.165) is 65.9 Å². The summed E-state index contributed by atoms with van der Waals surface area (Å²) in [4.78, 5) is 9.63. The van der Waals surface area contributed by atoms with Gasteiger partial charge in [-0.1, -0.05) is 25.3 Å². The van der Waals surface area contributed by atoms with Crippen LogP contribution in [0.5, 0.6) is 0 Å². The van der Waals surface area contributed by atoms with E-state index in [9.17, 15) is 0 Å². The number of benzene rings is 1. The number of likely N-dealkylation sites (tertiary alicyclic amines) is 2. The molecule has 6 heteroatoms. The molecule has 2 saturated heterocycles. The number of aromatic nitrogens is 3. The number of allylic oxidation sites excluding steroid dienone is 1. The SMILES string of the molecule is C=C(Nc1cc2cc(-c3cnn(C)c3)ccc2cn1)C1CCN(C(=C)CN2CCCC2)CC1. The number of fused-ring (bicyclic) bond motifs is 1. The van der Waals surface area contributed by atoms with E-state index in [1.54, 1.807) is 0 Å². The molecule has 0 saturated carbocycles. The highest BCUT2D eigenvalue weighted by Crippen LogP contribution is 2.29. The van der Waals surface area contributed by atoms with Gasteiger partial charge in [-0.15, -0.1) is 0 Å². The van der Waals surface area contributed by atoms with Crippen LogP contribution in [0.25, 0.3) is 21.9 Å². The second-order valence-corrected chi connectivity index (χ2v) is 9.50. The summed E-state index contributed by atoms with van der Waals surface area (Å²) in [6.45, 7) is 14.3. The zero-order valence-corrected chi connectivity index (χ0v) is 19.6. The van der Waals surface area contributed by atoms with Crippen molar-refractivity contribution in [1.82, 2.24) is 24.6 Å².